The monoisotopic (exact) mass is 485 g/mol. The summed E-state index contributed by atoms with van der Waals surface area (Å²) in [6.45, 7) is 4.08. The summed E-state index contributed by atoms with van der Waals surface area (Å²) >= 11 is 14.2. The Hall–Kier alpha value is -2.21. The van der Waals surface area contributed by atoms with Crippen molar-refractivity contribution in [2.75, 3.05) is 18.0 Å². The van der Waals surface area contributed by atoms with E-state index in [1.807, 2.05) is 12.1 Å². The van der Waals surface area contributed by atoms with Crippen molar-refractivity contribution in [1.82, 2.24) is 9.97 Å². The van der Waals surface area contributed by atoms with E-state index in [4.69, 9.17) is 28.2 Å². The van der Waals surface area contributed by atoms with Crippen molar-refractivity contribution in [3.8, 4) is 11.1 Å². The lowest BCUT2D eigenvalue weighted by atomic mass is 9.93. The Morgan fingerprint density at radius 2 is 1.88 bits per heavy atom. The number of hydrogen-bond donors (Lipinski definition) is 0. The largest absolute Gasteiger partial charge is 0.371 e. The van der Waals surface area contributed by atoms with E-state index in [0.717, 1.165) is 70.0 Å². The Morgan fingerprint density at radius 1 is 1.06 bits per heavy atom. The standard InChI is InChI=1S/C25H22Cl2FN3S/c1-15-10-20(19-3-2-17(28)13-21(19)26)25-22(11-15)32-24(30-25)12-16-5-8-31(9-6-16)18-4-7-29-23(27)14-18/h2-4,7,10-11,13-14,16H,5-6,8-9,12H2,1H3. The normalized spacial score (nSPS) is 14.9. The summed E-state index contributed by atoms with van der Waals surface area (Å²) in [5.41, 5.74) is 5.03. The van der Waals surface area contributed by atoms with Gasteiger partial charge < -0.3 is 4.90 Å². The number of halogens is 3. The third-order valence-electron chi connectivity index (χ3n) is 6.06. The number of hydrogen-bond acceptors (Lipinski definition) is 4. The lowest BCUT2D eigenvalue weighted by Gasteiger charge is -2.33. The molecule has 2 aromatic heterocycles. The molecule has 2 aromatic carbocycles. The van der Waals surface area contributed by atoms with Crippen molar-refractivity contribution in [3.63, 3.8) is 0 Å². The molecule has 1 fully saturated rings. The zero-order chi connectivity index (χ0) is 22.2. The lowest BCUT2D eigenvalue weighted by molar-refractivity contribution is 0.403. The van der Waals surface area contributed by atoms with Crippen molar-refractivity contribution in [2.24, 2.45) is 5.92 Å². The number of aromatic nitrogens is 2. The molecule has 1 aliphatic rings. The smallest absolute Gasteiger partial charge is 0.131 e. The molecule has 5 rings (SSSR count). The van der Waals surface area contributed by atoms with Crippen LogP contribution in [-0.4, -0.2) is 23.1 Å². The SMILES string of the molecule is Cc1cc(-c2ccc(F)cc2Cl)c2nc(CC3CCN(c4ccnc(Cl)c4)CC3)sc2c1. The second kappa shape index (κ2) is 8.97. The third-order valence-corrected chi connectivity index (χ3v) is 7.60. The highest BCUT2D eigenvalue weighted by atomic mass is 35.5. The first kappa shape index (κ1) is 21.6. The minimum atomic E-state index is -0.331. The molecular weight excluding hydrogens is 464 g/mol. The topological polar surface area (TPSA) is 29.0 Å². The lowest BCUT2D eigenvalue weighted by Crippen LogP contribution is -2.34. The number of anilines is 1. The van der Waals surface area contributed by atoms with E-state index in [1.54, 1.807) is 23.6 Å². The average molecular weight is 486 g/mol. The van der Waals surface area contributed by atoms with Gasteiger partial charge in [0.15, 0.2) is 0 Å². The number of thiazole rings is 1. The first-order valence-electron chi connectivity index (χ1n) is 10.7. The summed E-state index contributed by atoms with van der Waals surface area (Å²) in [5, 5.41) is 2.09. The van der Waals surface area contributed by atoms with Gasteiger partial charge >= 0.3 is 0 Å². The molecule has 0 aliphatic carbocycles. The van der Waals surface area contributed by atoms with Gasteiger partial charge in [-0.1, -0.05) is 23.2 Å². The molecule has 32 heavy (non-hydrogen) atoms. The molecule has 0 saturated carbocycles. The van der Waals surface area contributed by atoms with Crippen LogP contribution in [0.15, 0.2) is 48.7 Å². The van der Waals surface area contributed by atoms with E-state index in [0.29, 0.717) is 16.1 Å². The van der Waals surface area contributed by atoms with E-state index in [1.165, 1.54) is 12.1 Å². The van der Waals surface area contributed by atoms with E-state index < -0.39 is 0 Å². The van der Waals surface area contributed by atoms with Crippen molar-refractivity contribution in [2.45, 2.75) is 26.2 Å². The molecule has 0 amide bonds. The minimum Gasteiger partial charge on any atom is -0.371 e. The van der Waals surface area contributed by atoms with Crippen LogP contribution in [0, 0.1) is 18.7 Å². The summed E-state index contributed by atoms with van der Waals surface area (Å²) in [6, 6.07) is 12.8. The van der Waals surface area contributed by atoms with Crippen LogP contribution in [0.25, 0.3) is 21.3 Å². The number of fused-ring (bicyclic) bond motifs is 1. The van der Waals surface area contributed by atoms with Crippen LogP contribution >= 0.6 is 34.5 Å². The van der Waals surface area contributed by atoms with Crippen LogP contribution in [0.3, 0.4) is 0 Å². The van der Waals surface area contributed by atoms with Crippen LogP contribution in [0.5, 0.6) is 0 Å². The van der Waals surface area contributed by atoms with Gasteiger partial charge in [0.1, 0.15) is 11.0 Å². The van der Waals surface area contributed by atoms with E-state index in [-0.39, 0.29) is 5.82 Å². The Kier molecular flexibility index (Phi) is 6.06. The highest BCUT2D eigenvalue weighted by molar-refractivity contribution is 7.18. The molecule has 0 spiro atoms. The average Bonchev–Trinajstić information content (AvgIpc) is 3.16. The van der Waals surface area contributed by atoms with Gasteiger partial charge in [0, 0.05) is 42.5 Å². The summed E-state index contributed by atoms with van der Waals surface area (Å²) < 4.78 is 14.7. The fourth-order valence-corrected chi connectivity index (χ4v) is 6.09. The highest BCUT2D eigenvalue weighted by Gasteiger charge is 2.22. The number of piperidine rings is 1. The molecule has 1 aliphatic heterocycles. The van der Waals surface area contributed by atoms with Crippen LogP contribution in [0.2, 0.25) is 10.2 Å². The summed E-state index contributed by atoms with van der Waals surface area (Å²) in [6.07, 6.45) is 4.97. The van der Waals surface area contributed by atoms with E-state index >= 15 is 0 Å². The van der Waals surface area contributed by atoms with Gasteiger partial charge in [-0.05, 0) is 73.7 Å². The van der Waals surface area contributed by atoms with Crippen LogP contribution < -0.4 is 4.90 Å². The van der Waals surface area contributed by atoms with Crippen molar-refractivity contribution in [3.05, 3.63) is 75.2 Å². The Balaban J connectivity index is 1.36. The summed E-state index contributed by atoms with van der Waals surface area (Å²) in [4.78, 5) is 11.5. The van der Waals surface area contributed by atoms with Crippen LogP contribution in [-0.2, 0) is 6.42 Å². The maximum absolute atomic E-state index is 13.6. The van der Waals surface area contributed by atoms with Crippen LogP contribution in [0.4, 0.5) is 10.1 Å². The number of benzene rings is 2. The van der Waals surface area contributed by atoms with Gasteiger partial charge in [0.05, 0.1) is 20.2 Å². The van der Waals surface area contributed by atoms with Gasteiger partial charge in [0.2, 0.25) is 0 Å². The van der Waals surface area contributed by atoms with Gasteiger partial charge in [0.25, 0.3) is 0 Å². The maximum Gasteiger partial charge on any atom is 0.131 e. The molecule has 0 radical (unpaired) electrons. The zero-order valence-electron chi connectivity index (χ0n) is 17.6. The van der Waals surface area contributed by atoms with Gasteiger partial charge in [-0.25, -0.2) is 14.4 Å². The van der Waals surface area contributed by atoms with Gasteiger partial charge in [-0.2, -0.15) is 0 Å². The predicted octanol–water partition coefficient (Wildman–Crippen LogP) is 7.57. The quantitative estimate of drug-likeness (QED) is 0.279. The van der Waals surface area contributed by atoms with Crippen molar-refractivity contribution in [1.29, 1.82) is 0 Å². The fourth-order valence-electron chi connectivity index (χ4n) is 4.44. The Bertz CT molecular complexity index is 1280. The zero-order valence-corrected chi connectivity index (χ0v) is 19.9. The minimum absolute atomic E-state index is 0.331. The molecule has 7 heteroatoms. The number of pyridine rings is 1. The molecular formula is C25H22Cl2FN3S. The highest BCUT2D eigenvalue weighted by Crippen LogP contribution is 2.38. The molecule has 0 atom stereocenters. The first-order chi connectivity index (χ1) is 15.5. The number of nitrogens with zero attached hydrogens (tertiary/aromatic N) is 3. The fraction of sp³-hybridized carbons (Fsp3) is 0.280. The maximum atomic E-state index is 13.6. The molecule has 0 bridgehead atoms. The van der Waals surface area contributed by atoms with Crippen LogP contribution in [0.1, 0.15) is 23.4 Å². The van der Waals surface area contributed by atoms with E-state index in [9.17, 15) is 4.39 Å². The molecule has 0 N–H and O–H groups in total. The van der Waals surface area contributed by atoms with Crippen molar-refractivity contribution < 1.29 is 4.39 Å². The molecule has 3 nitrogen and oxygen atoms in total. The summed E-state index contributed by atoms with van der Waals surface area (Å²) in [5.74, 6) is 0.269. The second-order valence-electron chi connectivity index (χ2n) is 8.36. The molecule has 0 unspecified atom stereocenters. The molecule has 1 saturated heterocycles. The Morgan fingerprint density at radius 3 is 2.62 bits per heavy atom. The second-order valence-corrected chi connectivity index (χ2v) is 10.3. The van der Waals surface area contributed by atoms with Gasteiger partial charge in [-0.3, -0.25) is 0 Å². The number of rotatable bonds is 4. The van der Waals surface area contributed by atoms with Crippen molar-refractivity contribution >= 4 is 50.4 Å². The van der Waals surface area contributed by atoms with E-state index in [2.05, 4.69) is 28.9 Å². The predicted molar refractivity (Wildman–Crippen MR) is 133 cm³/mol. The number of aryl methyl sites for hydroxylation is 1. The Labute approximate surface area is 200 Å². The van der Waals surface area contributed by atoms with Gasteiger partial charge in [-0.15, -0.1) is 11.3 Å². The molecule has 164 valence electrons. The third kappa shape index (κ3) is 4.47. The summed E-state index contributed by atoms with van der Waals surface area (Å²) in [7, 11) is 0. The first-order valence-corrected chi connectivity index (χ1v) is 12.3. The molecule has 4 aromatic rings. The molecule has 3 heterocycles.